The lowest BCUT2D eigenvalue weighted by atomic mass is 10.0. The van der Waals surface area contributed by atoms with Gasteiger partial charge >= 0.3 is 0 Å². The molecular weight excluding hydrogens is 158 g/mol. The normalized spacial score (nSPS) is 10.6. The van der Waals surface area contributed by atoms with Crippen LogP contribution in [-0.4, -0.2) is 4.98 Å². The third kappa shape index (κ3) is 1.31. The molecule has 0 saturated carbocycles. The predicted octanol–water partition coefficient (Wildman–Crippen LogP) is 2.91. The lowest BCUT2D eigenvalue weighted by Crippen LogP contribution is -1.88. The Morgan fingerprint density at radius 2 is 2.23 bits per heavy atom. The van der Waals surface area contributed by atoms with E-state index in [2.05, 4.69) is 43.2 Å². The molecule has 1 radical (unpaired) electrons. The van der Waals surface area contributed by atoms with Gasteiger partial charge in [0.25, 0.3) is 0 Å². The minimum atomic E-state index is 1.03. The number of para-hydroxylation sites is 1. The number of nitrogens with zero attached hydrogens (tertiary/aromatic N) is 1. The van der Waals surface area contributed by atoms with Gasteiger partial charge in [-0.2, -0.15) is 0 Å². The fraction of sp³-hybridized carbons (Fsp3) is 0.250. The summed E-state index contributed by atoms with van der Waals surface area (Å²) in [5, 5.41) is 1.25. The van der Waals surface area contributed by atoms with Crippen LogP contribution >= 0.6 is 0 Å². The quantitative estimate of drug-likeness (QED) is 0.641. The summed E-state index contributed by atoms with van der Waals surface area (Å²) >= 11 is 0. The number of rotatable bonds is 1. The first-order valence-electron chi connectivity index (χ1n) is 4.58. The third-order valence-electron chi connectivity index (χ3n) is 2.38. The van der Waals surface area contributed by atoms with Gasteiger partial charge in [-0.15, -0.1) is 0 Å². The molecule has 0 saturated heterocycles. The van der Waals surface area contributed by atoms with Crippen molar-refractivity contribution in [2.75, 3.05) is 0 Å². The van der Waals surface area contributed by atoms with Crippen molar-refractivity contribution in [3.63, 3.8) is 0 Å². The van der Waals surface area contributed by atoms with E-state index >= 15 is 0 Å². The van der Waals surface area contributed by atoms with Crippen LogP contribution in [0.1, 0.15) is 18.1 Å². The van der Waals surface area contributed by atoms with Gasteiger partial charge in [-0.1, -0.05) is 25.1 Å². The molecule has 0 bridgehead atoms. The molecule has 1 aromatic heterocycles. The summed E-state index contributed by atoms with van der Waals surface area (Å²) in [5.74, 6) is 0. The highest BCUT2D eigenvalue weighted by atomic mass is 14.6. The molecule has 0 aliphatic rings. The van der Waals surface area contributed by atoms with Gasteiger partial charge in [0.15, 0.2) is 0 Å². The molecule has 0 fully saturated rings. The minimum absolute atomic E-state index is 1.03. The molecule has 1 heterocycles. The standard InChI is InChI=1S/C12H12N/c1-3-10-5-4-6-11-9(2)7-8-13-12(10)11/h4-7H,3H2,1-2H3. The molecule has 0 spiro atoms. The maximum atomic E-state index is 4.29. The first-order valence-corrected chi connectivity index (χ1v) is 4.58. The second kappa shape index (κ2) is 3.17. The van der Waals surface area contributed by atoms with Gasteiger partial charge < -0.3 is 0 Å². The van der Waals surface area contributed by atoms with Gasteiger partial charge in [0.05, 0.1) is 11.7 Å². The van der Waals surface area contributed by atoms with Crippen molar-refractivity contribution in [3.05, 3.63) is 41.6 Å². The fourth-order valence-electron chi connectivity index (χ4n) is 1.60. The third-order valence-corrected chi connectivity index (χ3v) is 2.38. The number of aryl methyl sites for hydroxylation is 2. The second-order valence-electron chi connectivity index (χ2n) is 3.24. The summed E-state index contributed by atoms with van der Waals surface area (Å²) < 4.78 is 0. The van der Waals surface area contributed by atoms with Crippen molar-refractivity contribution in [1.82, 2.24) is 4.98 Å². The van der Waals surface area contributed by atoms with E-state index in [1.165, 1.54) is 16.5 Å². The summed E-state index contributed by atoms with van der Waals surface area (Å²) in [6.07, 6.45) is 3.96. The summed E-state index contributed by atoms with van der Waals surface area (Å²) in [4.78, 5) is 4.29. The molecule has 1 heteroatoms. The van der Waals surface area contributed by atoms with Crippen LogP contribution in [0.2, 0.25) is 0 Å². The van der Waals surface area contributed by atoms with Gasteiger partial charge in [0.2, 0.25) is 0 Å². The van der Waals surface area contributed by atoms with Crippen molar-refractivity contribution in [2.45, 2.75) is 20.3 Å². The highest BCUT2D eigenvalue weighted by Gasteiger charge is 2.01. The first-order chi connectivity index (χ1) is 6.33. The first kappa shape index (κ1) is 8.24. The second-order valence-corrected chi connectivity index (χ2v) is 3.24. The Bertz CT molecular complexity index is 432. The molecule has 0 amide bonds. The largest absolute Gasteiger partial charge is 0.246 e. The zero-order valence-corrected chi connectivity index (χ0v) is 7.96. The maximum absolute atomic E-state index is 4.29. The molecule has 0 aliphatic carbocycles. The molecule has 13 heavy (non-hydrogen) atoms. The topological polar surface area (TPSA) is 12.9 Å². The number of hydrogen-bond acceptors (Lipinski definition) is 1. The summed E-state index contributed by atoms with van der Waals surface area (Å²) in [5.41, 5.74) is 3.66. The average Bonchev–Trinajstić information content (AvgIpc) is 2.18. The number of benzene rings is 1. The molecular formula is C12H12N. The average molecular weight is 170 g/mol. The Labute approximate surface area is 78.4 Å². The Morgan fingerprint density at radius 1 is 1.38 bits per heavy atom. The molecule has 0 N–H and O–H groups in total. The fourth-order valence-corrected chi connectivity index (χ4v) is 1.60. The van der Waals surface area contributed by atoms with Crippen molar-refractivity contribution < 1.29 is 0 Å². The minimum Gasteiger partial charge on any atom is -0.246 e. The van der Waals surface area contributed by atoms with Crippen LogP contribution in [0.4, 0.5) is 0 Å². The lowest BCUT2D eigenvalue weighted by molar-refractivity contribution is 1.14. The monoisotopic (exact) mass is 170 g/mol. The maximum Gasteiger partial charge on any atom is 0.0897 e. The molecule has 0 aliphatic heterocycles. The van der Waals surface area contributed by atoms with Gasteiger partial charge in [-0.25, -0.2) is 4.98 Å². The number of fused-ring (bicyclic) bond motifs is 1. The van der Waals surface area contributed by atoms with Crippen LogP contribution in [0.3, 0.4) is 0 Å². The zero-order valence-electron chi connectivity index (χ0n) is 7.96. The molecule has 2 aromatic rings. The highest BCUT2D eigenvalue weighted by molar-refractivity contribution is 5.84. The van der Waals surface area contributed by atoms with Gasteiger partial charge in [-0.3, -0.25) is 0 Å². The molecule has 0 unspecified atom stereocenters. The van der Waals surface area contributed by atoms with E-state index in [1.54, 1.807) is 0 Å². The van der Waals surface area contributed by atoms with E-state index in [-0.39, 0.29) is 0 Å². The molecule has 2 rings (SSSR count). The zero-order chi connectivity index (χ0) is 9.26. The van der Waals surface area contributed by atoms with Crippen LogP contribution in [0, 0.1) is 13.1 Å². The summed E-state index contributed by atoms with van der Waals surface area (Å²) in [6, 6.07) is 8.27. The molecule has 65 valence electrons. The summed E-state index contributed by atoms with van der Waals surface area (Å²) in [6.45, 7) is 4.25. The van der Waals surface area contributed by atoms with Crippen LogP contribution in [0.5, 0.6) is 0 Å². The van der Waals surface area contributed by atoms with Gasteiger partial charge in [0.1, 0.15) is 0 Å². The Hall–Kier alpha value is -1.37. The van der Waals surface area contributed by atoms with E-state index in [0.29, 0.717) is 0 Å². The van der Waals surface area contributed by atoms with Crippen LogP contribution in [-0.2, 0) is 6.42 Å². The van der Waals surface area contributed by atoms with Gasteiger partial charge in [-0.05, 0) is 30.5 Å². The lowest BCUT2D eigenvalue weighted by Gasteiger charge is -2.04. The molecule has 1 nitrogen and oxygen atoms in total. The van der Waals surface area contributed by atoms with Gasteiger partial charge in [0, 0.05) is 5.39 Å². The number of hydrogen-bond donors (Lipinski definition) is 0. The van der Waals surface area contributed by atoms with E-state index in [0.717, 1.165) is 11.9 Å². The van der Waals surface area contributed by atoms with E-state index in [4.69, 9.17) is 0 Å². The van der Waals surface area contributed by atoms with Crippen LogP contribution in [0.15, 0.2) is 24.3 Å². The van der Waals surface area contributed by atoms with E-state index in [1.807, 2.05) is 6.07 Å². The highest BCUT2D eigenvalue weighted by Crippen LogP contribution is 2.19. The van der Waals surface area contributed by atoms with Crippen molar-refractivity contribution in [2.24, 2.45) is 0 Å². The van der Waals surface area contributed by atoms with Crippen molar-refractivity contribution >= 4 is 10.9 Å². The molecule has 0 atom stereocenters. The van der Waals surface area contributed by atoms with Crippen LogP contribution < -0.4 is 0 Å². The number of aromatic nitrogens is 1. The Balaban J connectivity index is 2.84. The number of pyridine rings is 1. The predicted molar refractivity (Wildman–Crippen MR) is 54.7 cm³/mol. The Kier molecular flexibility index (Phi) is 2.01. The smallest absolute Gasteiger partial charge is 0.0897 e. The SMILES string of the molecule is CCc1cccc2c(C)c[c]nc12. The van der Waals surface area contributed by atoms with E-state index in [9.17, 15) is 0 Å². The van der Waals surface area contributed by atoms with Crippen molar-refractivity contribution in [1.29, 1.82) is 0 Å². The van der Waals surface area contributed by atoms with Crippen LogP contribution in [0.25, 0.3) is 10.9 Å². The molecule has 1 aromatic carbocycles. The Morgan fingerprint density at radius 3 is 3.00 bits per heavy atom. The van der Waals surface area contributed by atoms with E-state index < -0.39 is 0 Å². The summed E-state index contributed by atoms with van der Waals surface area (Å²) in [7, 11) is 0. The van der Waals surface area contributed by atoms with Crippen molar-refractivity contribution in [3.8, 4) is 0 Å².